The Kier molecular flexibility index (Phi) is 2.68. The average molecular weight is 143 g/mol. The summed E-state index contributed by atoms with van der Waals surface area (Å²) in [6.45, 7) is 4.65. The molecule has 3 nitrogen and oxygen atoms in total. The van der Waals surface area contributed by atoms with Crippen molar-refractivity contribution in [2.75, 3.05) is 13.1 Å². The highest BCUT2D eigenvalue weighted by Gasteiger charge is 2.23. The van der Waals surface area contributed by atoms with Crippen LogP contribution in [0.4, 0.5) is 0 Å². The molecular formula is C7H13NO2. The van der Waals surface area contributed by atoms with Gasteiger partial charge in [0, 0.05) is 6.54 Å². The Bertz CT molecular complexity index is 116. The largest absolute Gasteiger partial charge is 0.449 e. The molecule has 0 spiro atoms. The summed E-state index contributed by atoms with van der Waals surface area (Å²) in [5, 5.41) is 0. The molecule has 1 saturated heterocycles. The molecule has 0 radical (unpaired) electrons. The second-order valence-corrected chi connectivity index (χ2v) is 2.46. The van der Waals surface area contributed by atoms with Crippen LogP contribution in [0.25, 0.3) is 0 Å². The molecule has 0 aromatic carbocycles. The monoisotopic (exact) mass is 143 g/mol. The summed E-state index contributed by atoms with van der Waals surface area (Å²) in [5.41, 5.74) is 0. The van der Waals surface area contributed by atoms with Gasteiger partial charge in [0.05, 0.1) is 0 Å². The minimum Gasteiger partial charge on any atom is -0.449 e. The van der Waals surface area contributed by atoms with Gasteiger partial charge in [-0.3, -0.25) is 9.69 Å². The molecule has 1 fully saturated rings. The molecular weight excluding hydrogens is 130 g/mol. The van der Waals surface area contributed by atoms with Gasteiger partial charge < -0.3 is 4.74 Å². The van der Waals surface area contributed by atoms with E-state index in [0.29, 0.717) is 6.47 Å². The zero-order valence-corrected chi connectivity index (χ0v) is 6.25. The third kappa shape index (κ3) is 1.48. The molecule has 1 aliphatic rings. The minimum absolute atomic E-state index is 0.0579. The second kappa shape index (κ2) is 3.56. The second-order valence-electron chi connectivity index (χ2n) is 2.46. The summed E-state index contributed by atoms with van der Waals surface area (Å²) < 4.78 is 4.85. The summed E-state index contributed by atoms with van der Waals surface area (Å²) in [7, 11) is 0. The normalized spacial score (nSPS) is 26.7. The molecule has 1 rings (SSSR count). The van der Waals surface area contributed by atoms with Crippen molar-refractivity contribution in [1.82, 2.24) is 4.90 Å². The van der Waals surface area contributed by atoms with E-state index in [9.17, 15) is 4.79 Å². The first-order chi connectivity index (χ1) is 4.88. The van der Waals surface area contributed by atoms with Gasteiger partial charge >= 0.3 is 0 Å². The van der Waals surface area contributed by atoms with E-state index in [-0.39, 0.29) is 6.23 Å². The third-order valence-corrected chi connectivity index (χ3v) is 1.92. The van der Waals surface area contributed by atoms with Crippen LogP contribution in [0.2, 0.25) is 0 Å². The predicted molar refractivity (Wildman–Crippen MR) is 37.4 cm³/mol. The fourth-order valence-corrected chi connectivity index (χ4v) is 1.38. The van der Waals surface area contributed by atoms with Crippen molar-refractivity contribution < 1.29 is 9.53 Å². The summed E-state index contributed by atoms with van der Waals surface area (Å²) in [5.74, 6) is 0. The van der Waals surface area contributed by atoms with Crippen LogP contribution in [-0.4, -0.2) is 30.7 Å². The van der Waals surface area contributed by atoms with Gasteiger partial charge in [-0.2, -0.15) is 0 Å². The first-order valence-corrected chi connectivity index (χ1v) is 3.71. The molecule has 58 valence electrons. The lowest BCUT2D eigenvalue weighted by Gasteiger charge is -2.19. The summed E-state index contributed by atoms with van der Waals surface area (Å²) in [6, 6.07) is 0. The van der Waals surface area contributed by atoms with E-state index in [1.807, 2.05) is 0 Å². The Labute approximate surface area is 61.0 Å². The minimum atomic E-state index is 0.0579. The van der Waals surface area contributed by atoms with E-state index in [4.69, 9.17) is 4.74 Å². The van der Waals surface area contributed by atoms with Crippen molar-refractivity contribution in [3.05, 3.63) is 0 Å². The van der Waals surface area contributed by atoms with Crippen LogP contribution in [0.3, 0.4) is 0 Å². The molecule has 1 heterocycles. The third-order valence-electron chi connectivity index (χ3n) is 1.92. The first-order valence-electron chi connectivity index (χ1n) is 3.71. The molecule has 0 amide bonds. The molecule has 1 unspecified atom stereocenters. The van der Waals surface area contributed by atoms with E-state index in [1.54, 1.807) is 0 Å². The lowest BCUT2D eigenvalue weighted by Crippen LogP contribution is -2.30. The number of nitrogens with zero attached hydrogens (tertiary/aromatic N) is 1. The summed E-state index contributed by atoms with van der Waals surface area (Å²) in [6.07, 6.45) is 2.20. The lowest BCUT2D eigenvalue weighted by atomic mass is 10.4. The van der Waals surface area contributed by atoms with Gasteiger partial charge in [0.2, 0.25) is 0 Å². The van der Waals surface area contributed by atoms with Gasteiger partial charge in [0.15, 0.2) is 6.23 Å². The molecule has 1 atom stereocenters. The van der Waals surface area contributed by atoms with Crippen LogP contribution < -0.4 is 0 Å². The van der Waals surface area contributed by atoms with E-state index in [0.717, 1.165) is 25.9 Å². The Balaban J connectivity index is 2.34. The van der Waals surface area contributed by atoms with Crippen LogP contribution in [0, 0.1) is 0 Å². The summed E-state index contributed by atoms with van der Waals surface area (Å²) >= 11 is 0. The Morgan fingerprint density at radius 3 is 3.20 bits per heavy atom. The van der Waals surface area contributed by atoms with Crippen LogP contribution in [0.15, 0.2) is 0 Å². The molecule has 0 aromatic rings. The highest BCUT2D eigenvalue weighted by Crippen LogP contribution is 2.16. The van der Waals surface area contributed by atoms with Crippen molar-refractivity contribution in [1.29, 1.82) is 0 Å². The van der Waals surface area contributed by atoms with E-state index >= 15 is 0 Å². The molecule has 10 heavy (non-hydrogen) atoms. The van der Waals surface area contributed by atoms with Crippen molar-refractivity contribution in [2.45, 2.75) is 26.0 Å². The van der Waals surface area contributed by atoms with E-state index < -0.39 is 0 Å². The number of hydrogen-bond acceptors (Lipinski definition) is 3. The van der Waals surface area contributed by atoms with Crippen LogP contribution >= 0.6 is 0 Å². The maximum atomic E-state index is 9.97. The van der Waals surface area contributed by atoms with Gasteiger partial charge in [0.25, 0.3) is 6.47 Å². The molecule has 0 saturated carbocycles. The van der Waals surface area contributed by atoms with Gasteiger partial charge in [-0.05, 0) is 19.4 Å². The first kappa shape index (κ1) is 7.54. The number of ether oxygens (including phenoxy) is 1. The van der Waals surface area contributed by atoms with Crippen molar-refractivity contribution >= 4 is 6.47 Å². The zero-order valence-electron chi connectivity index (χ0n) is 6.25. The van der Waals surface area contributed by atoms with E-state index in [2.05, 4.69) is 11.8 Å². The van der Waals surface area contributed by atoms with Gasteiger partial charge in [-0.15, -0.1) is 0 Å². The number of likely N-dealkylation sites (tertiary alicyclic amines) is 1. The molecule has 1 aliphatic heterocycles. The van der Waals surface area contributed by atoms with Crippen LogP contribution in [0.1, 0.15) is 19.8 Å². The maximum absolute atomic E-state index is 9.97. The standard InChI is InChI=1S/C7H13NO2/c1-2-8-5-3-4-7(8)10-6-9/h6-7H,2-5H2,1H3. The quantitative estimate of drug-likeness (QED) is 0.542. The number of rotatable bonds is 3. The number of carbonyl (C=O) groups is 1. The topological polar surface area (TPSA) is 29.5 Å². The summed E-state index contributed by atoms with van der Waals surface area (Å²) in [4.78, 5) is 12.1. The van der Waals surface area contributed by atoms with Crippen LogP contribution in [-0.2, 0) is 9.53 Å². The Hall–Kier alpha value is -0.570. The van der Waals surface area contributed by atoms with Crippen LogP contribution in [0.5, 0.6) is 0 Å². The molecule has 0 bridgehead atoms. The lowest BCUT2D eigenvalue weighted by molar-refractivity contribution is -0.140. The van der Waals surface area contributed by atoms with Crippen molar-refractivity contribution in [3.63, 3.8) is 0 Å². The SMILES string of the molecule is CCN1CCCC1OC=O. The fraction of sp³-hybridized carbons (Fsp3) is 0.857. The zero-order chi connectivity index (χ0) is 7.40. The van der Waals surface area contributed by atoms with Crippen molar-refractivity contribution in [2.24, 2.45) is 0 Å². The molecule has 3 heteroatoms. The van der Waals surface area contributed by atoms with E-state index in [1.165, 1.54) is 0 Å². The molecule has 0 aliphatic carbocycles. The molecule has 0 aromatic heterocycles. The van der Waals surface area contributed by atoms with Gasteiger partial charge in [-0.25, -0.2) is 0 Å². The highest BCUT2D eigenvalue weighted by atomic mass is 16.5. The smallest absolute Gasteiger partial charge is 0.294 e. The van der Waals surface area contributed by atoms with Gasteiger partial charge in [-0.1, -0.05) is 6.92 Å². The maximum Gasteiger partial charge on any atom is 0.294 e. The Morgan fingerprint density at radius 1 is 1.80 bits per heavy atom. The molecule has 0 N–H and O–H groups in total. The number of carbonyl (C=O) groups excluding carboxylic acids is 1. The fourth-order valence-electron chi connectivity index (χ4n) is 1.38. The average Bonchev–Trinajstić information content (AvgIpc) is 2.36. The highest BCUT2D eigenvalue weighted by molar-refractivity contribution is 5.37. The van der Waals surface area contributed by atoms with Crippen molar-refractivity contribution in [3.8, 4) is 0 Å². The van der Waals surface area contributed by atoms with Gasteiger partial charge in [0.1, 0.15) is 0 Å². The number of hydrogen-bond donors (Lipinski definition) is 0. The Morgan fingerprint density at radius 2 is 2.60 bits per heavy atom. The predicted octanol–water partition coefficient (Wildman–Crippen LogP) is 0.601.